The van der Waals surface area contributed by atoms with E-state index < -0.39 is 9.84 Å². The second-order valence-electron chi connectivity index (χ2n) is 4.35. The Bertz CT molecular complexity index is 679. The van der Waals surface area contributed by atoms with Crippen LogP contribution < -0.4 is 5.32 Å². The van der Waals surface area contributed by atoms with E-state index in [-0.39, 0.29) is 6.04 Å². The predicted molar refractivity (Wildman–Crippen MR) is 80.9 cm³/mol. The van der Waals surface area contributed by atoms with Crippen LogP contribution in [0.2, 0.25) is 4.34 Å². The molecule has 0 aliphatic carbocycles. The van der Waals surface area contributed by atoms with Crippen LogP contribution in [0.1, 0.15) is 18.5 Å². The molecule has 19 heavy (non-hydrogen) atoms. The van der Waals surface area contributed by atoms with Gasteiger partial charge in [0.2, 0.25) is 0 Å². The Balaban J connectivity index is 2.20. The molecule has 2 rings (SSSR count). The van der Waals surface area contributed by atoms with Crippen molar-refractivity contribution in [1.29, 1.82) is 0 Å². The SMILES string of the molecule is CC(Nc1cccc(S(C)(=O)=O)c1)c1csc(Cl)c1. The largest absolute Gasteiger partial charge is 0.378 e. The van der Waals surface area contributed by atoms with Crippen molar-refractivity contribution < 1.29 is 8.42 Å². The number of halogens is 1. The van der Waals surface area contributed by atoms with Crippen molar-refractivity contribution in [3.8, 4) is 0 Å². The van der Waals surface area contributed by atoms with Crippen molar-refractivity contribution in [2.75, 3.05) is 11.6 Å². The number of benzene rings is 1. The van der Waals surface area contributed by atoms with Gasteiger partial charge in [-0.05, 0) is 42.1 Å². The van der Waals surface area contributed by atoms with E-state index in [2.05, 4.69) is 5.32 Å². The molecule has 3 nitrogen and oxygen atoms in total. The minimum Gasteiger partial charge on any atom is -0.378 e. The summed E-state index contributed by atoms with van der Waals surface area (Å²) < 4.78 is 23.7. The van der Waals surface area contributed by atoms with Gasteiger partial charge in [-0.25, -0.2) is 8.42 Å². The topological polar surface area (TPSA) is 46.2 Å². The minimum atomic E-state index is -3.18. The monoisotopic (exact) mass is 315 g/mol. The van der Waals surface area contributed by atoms with E-state index in [1.165, 1.54) is 17.6 Å². The third-order valence-electron chi connectivity index (χ3n) is 2.73. The normalized spacial score (nSPS) is 13.2. The minimum absolute atomic E-state index is 0.0681. The van der Waals surface area contributed by atoms with Crippen LogP contribution in [0.4, 0.5) is 5.69 Å². The van der Waals surface area contributed by atoms with Gasteiger partial charge in [0.05, 0.1) is 9.23 Å². The summed E-state index contributed by atoms with van der Waals surface area (Å²) in [5.74, 6) is 0. The molecule has 1 N–H and O–H groups in total. The van der Waals surface area contributed by atoms with E-state index in [0.717, 1.165) is 15.6 Å². The molecule has 1 aromatic carbocycles. The number of rotatable bonds is 4. The molecule has 2 aromatic rings. The van der Waals surface area contributed by atoms with Crippen LogP contribution >= 0.6 is 22.9 Å². The van der Waals surface area contributed by atoms with Gasteiger partial charge in [-0.2, -0.15) is 0 Å². The molecule has 0 spiro atoms. The Hall–Kier alpha value is -1.04. The van der Waals surface area contributed by atoms with E-state index in [1.54, 1.807) is 18.2 Å². The van der Waals surface area contributed by atoms with Crippen LogP contribution in [0, 0.1) is 0 Å². The standard InChI is InChI=1S/C13H14ClNO2S2/c1-9(10-6-13(14)18-8-10)15-11-4-3-5-12(7-11)19(2,16)17/h3-9,15H,1-2H3. The van der Waals surface area contributed by atoms with E-state index in [1.807, 2.05) is 24.4 Å². The lowest BCUT2D eigenvalue weighted by Gasteiger charge is -2.14. The van der Waals surface area contributed by atoms with Gasteiger partial charge in [-0.15, -0.1) is 11.3 Å². The quantitative estimate of drug-likeness (QED) is 0.928. The second-order valence-corrected chi connectivity index (χ2v) is 7.91. The van der Waals surface area contributed by atoms with E-state index in [4.69, 9.17) is 11.6 Å². The van der Waals surface area contributed by atoms with Crippen LogP contribution in [0.25, 0.3) is 0 Å². The van der Waals surface area contributed by atoms with Crippen molar-refractivity contribution in [2.24, 2.45) is 0 Å². The van der Waals surface area contributed by atoms with Gasteiger partial charge >= 0.3 is 0 Å². The summed E-state index contributed by atoms with van der Waals surface area (Å²) in [4.78, 5) is 0.313. The first-order chi connectivity index (χ1) is 8.86. The molecule has 1 aromatic heterocycles. The zero-order chi connectivity index (χ0) is 14.0. The number of anilines is 1. The lowest BCUT2D eigenvalue weighted by molar-refractivity contribution is 0.602. The molecule has 0 bridgehead atoms. The molecule has 102 valence electrons. The third kappa shape index (κ3) is 3.72. The Kier molecular flexibility index (Phi) is 4.18. The summed E-state index contributed by atoms with van der Waals surface area (Å²) in [7, 11) is -3.18. The van der Waals surface area contributed by atoms with Crippen LogP contribution in [0.3, 0.4) is 0 Å². The van der Waals surface area contributed by atoms with Crippen LogP contribution in [0.15, 0.2) is 40.6 Å². The second kappa shape index (κ2) is 5.53. The number of sulfone groups is 1. The van der Waals surface area contributed by atoms with Crippen molar-refractivity contribution in [2.45, 2.75) is 17.9 Å². The van der Waals surface area contributed by atoms with Crippen molar-refractivity contribution in [1.82, 2.24) is 0 Å². The molecule has 1 atom stereocenters. The van der Waals surface area contributed by atoms with Crippen molar-refractivity contribution in [3.63, 3.8) is 0 Å². The summed E-state index contributed by atoms with van der Waals surface area (Å²) in [5.41, 5.74) is 1.86. The van der Waals surface area contributed by atoms with Crippen molar-refractivity contribution >= 4 is 38.5 Å². The molecule has 0 saturated carbocycles. The summed E-state index contributed by atoms with van der Waals surface area (Å²) >= 11 is 7.38. The number of nitrogens with one attached hydrogen (secondary N) is 1. The van der Waals surface area contributed by atoms with Gasteiger partial charge in [-0.3, -0.25) is 0 Å². The third-order valence-corrected chi connectivity index (χ3v) is 4.95. The number of hydrogen-bond donors (Lipinski definition) is 1. The molecule has 0 saturated heterocycles. The molecular weight excluding hydrogens is 302 g/mol. The number of hydrogen-bond acceptors (Lipinski definition) is 4. The summed E-state index contributed by atoms with van der Waals surface area (Å²) in [6.45, 7) is 2.01. The van der Waals surface area contributed by atoms with Crippen LogP contribution in [0.5, 0.6) is 0 Å². The van der Waals surface area contributed by atoms with E-state index in [9.17, 15) is 8.42 Å². The summed E-state index contributed by atoms with van der Waals surface area (Å²) in [6, 6.07) is 8.78. The maximum atomic E-state index is 11.5. The fourth-order valence-corrected chi connectivity index (χ4v) is 3.35. The average Bonchev–Trinajstić information content (AvgIpc) is 2.75. The Labute approximate surface area is 122 Å². The molecule has 0 aliphatic heterocycles. The lowest BCUT2D eigenvalue weighted by Crippen LogP contribution is -2.06. The zero-order valence-electron chi connectivity index (χ0n) is 10.6. The molecule has 1 unspecified atom stereocenters. The fraction of sp³-hybridized carbons (Fsp3) is 0.231. The lowest BCUT2D eigenvalue weighted by atomic mass is 10.1. The molecule has 0 amide bonds. The molecule has 0 aliphatic rings. The van der Waals surface area contributed by atoms with E-state index >= 15 is 0 Å². The Morgan fingerprint density at radius 2 is 2.05 bits per heavy atom. The maximum absolute atomic E-state index is 11.5. The smallest absolute Gasteiger partial charge is 0.175 e. The van der Waals surface area contributed by atoms with Gasteiger partial charge in [-0.1, -0.05) is 17.7 Å². The van der Waals surface area contributed by atoms with Gasteiger partial charge in [0.1, 0.15) is 0 Å². The van der Waals surface area contributed by atoms with Crippen LogP contribution in [-0.4, -0.2) is 14.7 Å². The van der Waals surface area contributed by atoms with Crippen LogP contribution in [-0.2, 0) is 9.84 Å². The highest BCUT2D eigenvalue weighted by Crippen LogP contribution is 2.27. The molecule has 6 heteroatoms. The van der Waals surface area contributed by atoms with Crippen molar-refractivity contribution in [3.05, 3.63) is 45.6 Å². The average molecular weight is 316 g/mol. The summed E-state index contributed by atoms with van der Waals surface area (Å²) in [5, 5.41) is 5.25. The first-order valence-corrected chi connectivity index (χ1v) is 8.82. The highest BCUT2D eigenvalue weighted by atomic mass is 35.5. The first kappa shape index (κ1) is 14.4. The predicted octanol–water partition coefficient (Wildman–Crippen LogP) is 3.98. The molecule has 0 fully saturated rings. The van der Waals surface area contributed by atoms with Gasteiger partial charge in [0.25, 0.3) is 0 Å². The number of thiophene rings is 1. The van der Waals surface area contributed by atoms with Gasteiger partial charge < -0.3 is 5.32 Å². The fourth-order valence-electron chi connectivity index (χ4n) is 1.70. The maximum Gasteiger partial charge on any atom is 0.175 e. The Morgan fingerprint density at radius 1 is 1.32 bits per heavy atom. The van der Waals surface area contributed by atoms with Gasteiger partial charge in [0.15, 0.2) is 9.84 Å². The molecular formula is C13H14ClNO2S2. The molecule has 1 heterocycles. The summed E-state index contributed by atoms with van der Waals surface area (Å²) in [6.07, 6.45) is 1.20. The Morgan fingerprint density at radius 3 is 2.63 bits per heavy atom. The molecule has 0 radical (unpaired) electrons. The zero-order valence-corrected chi connectivity index (χ0v) is 12.9. The van der Waals surface area contributed by atoms with E-state index in [0.29, 0.717) is 4.90 Å². The highest BCUT2D eigenvalue weighted by Gasteiger charge is 2.10. The highest BCUT2D eigenvalue weighted by molar-refractivity contribution is 7.90. The first-order valence-electron chi connectivity index (χ1n) is 5.67. The van der Waals surface area contributed by atoms with Gasteiger partial charge in [0, 0.05) is 18.0 Å².